The van der Waals surface area contributed by atoms with Crippen molar-refractivity contribution in [2.75, 3.05) is 19.7 Å². The summed E-state index contributed by atoms with van der Waals surface area (Å²) in [5.41, 5.74) is 2.25. The molecule has 6 nitrogen and oxygen atoms in total. The third-order valence-electron chi connectivity index (χ3n) is 5.87. The van der Waals surface area contributed by atoms with E-state index in [2.05, 4.69) is 16.8 Å². The third kappa shape index (κ3) is 5.03. The van der Waals surface area contributed by atoms with Crippen molar-refractivity contribution in [1.29, 1.82) is 0 Å². The van der Waals surface area contributed by atoms with Crippen LogP contribution >= 0.6 is 11.3 Å². The number of hydrogen-bond acceptors (Lipinski definition) is 4. The molecule has 1 atom stereocenters. The number of carbonyl (C=O) groups excluding carboxylic acids is 2. The van der Waals surface area contributed by atoms with Crippen molar-refractivity contribution < 1.29 is 14.3 Å². The monoisotopic (exact) mass is 441 g/mol. The zero-order valence-corrected chi connectivity index (χ0v) is 19.3. The second-order valence-electron chi connectivity index (χ2n) is 8.69. The van der Waals surface area contributed by atoms with Gasteiger partial charge >= 0.3 is 6.03 Å². The van der Waals surface area contributed by atoms with Gasteiger partial charge in [-0.1, -0.05) is 18.2 Å². The van der Waals surface area contributed by atoms with Crippen LogP contribution in [0.2, 0.25) is 0 Å². The van der Waals surface area contributed by atoms with Gasteiger partial charge in [-0.2, -0.15) is 0 Å². The fraction of sp³-hybridized carbons (Fsp3) is 0.500. The van der Waals surface area contributed by atoms with Crippen LogP contribution in [0.5, 0.6) is 5.75 Å². The molecule has 1 unspecified atom stereocenters. The highest BCUT2D eigenvalue weighted by Crippen LogP contribution is 2.35. The van der Waals surface area contributed by atoms with E-state index in [-0.39, 0.29) is 36.6 Å². The van der Waals surface area contributed by atoms with Gasteiger partial charge in [-0.05, 0) is 68.7 Å². The number of aryl methyl sites for hydroxylation is 1. The number of thiophene rings is 1. The lowest BCUT2D eigenvalue weighted by molar-refractivity contribution is -0.135. The van der Waals surface area contributed by atoms with Crippen LogP contribution in [0.1, 0.15) is 48.7 Å². The molecule has 3 amide bonds. The lowest BCUT2D eigenvalue weighted by atomic mass is 10.0. The maximum atomic E-state index is 13.4. The minimum absolute atomic E-state index is 0.0129. The molecular formula is C24H31N3O3S. The SMILES string of the molecule is Cc1ccccc1OCC1c2ccsc2CCN1C(=O)CN(C(=O)NC(C)C)C1CC1. The molecule has 0 bridgehead atoms. The molecule has 1 fully saturated rings. The van der Waals surface area contributed by atoms with Gasteiger partial charge in [0.15, 0.2) is 0 Å². The van der Waals surface area contributed by atoms with Gasteiger partial charge < -0.3 is 19.9 Å². The molecule has 1 aliphatic carbocycles. The van der Waals surface area contributed by atoms with Crippen LogP contribution in [-0.2, 0) is 11.2 Å². The molecule has 1 saturated carbocycles. The second-order valence-corrected chi connectivity index (χ2v) is 9.69. The number of fused-ring (bicyclic) bond motifs is 1. The van der Waals surface area contributed by atoms with E-state index in [1.165, 1.54) is 10.4 Å². The van der Waals surface area contributed by atoms with Crippen LogP contribution in [0.3, 0.4) is 0 Å². The molecule has 1 aromatic heterocycles. The Morgan fingerprint density at radius 3 is 2.74 bits per heavy atom. The summed E-state index contributed by atoms with van der Waals surface area (Å²) in [5.74, 6) is 0.828. The van der Waals surface area contributed by atoms with E-state index < -0.39 is 0 Å². The minimum atomic E-state index is -0.146. The van der Waals surface area contributed by atoms with Crippen LogP contribution in [0.15, 0.2) is 35.7 Å². The van der Waals surface area contributed by atoms with Gasteiger partial charge in [0.25, 0.3) is 0 Å². The number of hydrogen-bond donors (Lipinski definition) is 1. The van der Waals surface area contributed by atoms with Gasteiger partial charge in [0.05, 0.1) is 6.04 Å². The molecule has 2 heterocycles. The fourth-order valence-electron chi connectivity index (χ4n) is 4.08. The summed E-state index contributed by atoms with van der Waals surface area (Å²) in [5, 5.41) is 5.03. The van der Waals surface area contributed by atoms with Crippen molar-refractivity contribution in [3.05, 3.63) is 51.7 Å². The Labute approximate surface area is 188 Å². The first-order chi connectivity index (χ1) is 14.9. The number of rotatable bonds is 7. The first kappa shape index (κ1) is 21.7. The minimum Gasteiger partial charge on any atom is -0.491 e. The topological polar surface area (TPSA) is 61.9 Å². The van der Waals surface area contributed by atoms with E-state index in [4.69, 9.17) is 4.74 Å². The first-order valence-corrected chi connectivity index (χ1v) is 11.9. The molecule has 1 N–H and O–H groups in total. The fourth-order valence-corrected chi connectivity index (χ4v) is 5.01. The summed E-state index contributed by atoms with van der Waals surface area (Å²) in [7, 11) is 0. The molecular weight excluding hydrogens is 410 g/mol. The number of nitrogens with zero attached hydrogens (tertiary/aromatic N) is 2. The van der Waals surface area contributed by atoms with E-state index in [0.717, 1.165) is 30.6 Å². The van der Waals surface area contributed by atoms with Crippen LogP contribution < -0.4 is 10.1 Å². The average Bonchev–Trinajstić information content (AvgIpc) is 3.46. The quantitative estimate of drug-likeness (QED) is 0.702. The van der Waals surface area contributed by atoms with Crippen LogP contribution in [0, 0.1) is 6.92 Å². The highest BCUT2D eigenvalue weighted by atomic mass is 32.1. The predicted octanol–water partition coefficient (Wildman–Crippen LogP) is 4.14. The number of ether oxygens (including phenoxy) is 1. The normalized spacial score (nSPS) is 17.9. The van der Waals surface area contributed by atoms with Gasteiger partial charge in [-0.15, -0.1) is 11.3 Å². The van der Waals surface area contributed by atoms with E-state index in [9.17, 15) is 9.59 Å². The van der Waals surface area contributed by atoms with E-state index in [1.807, 2.05) is 49.9 Å². The number of nitrogens with one attached hydrogen (secondary N) is 1. The summed E-state index contributed by atoms with van der Waals surface area (Å²) >= 11 is 1.74. The molecule has 166 valence electrons. The molecule has 2 aliphatic rings. The summed E-state index contributed by atoms with van der Waals surface area (Å²) in [6, 6.07) is 9.97. The Hall–Kier alpha value is -2.54. The Bertz CT molecular complexity index is 938. The van der Waals surface area contributed by atoms with Gasteiger partial charge in [-0.3, -0.25) is 4.79 Å². The molecule has 2 aromatic rings. The number of benzene rings is 1. The standard InChI is InChI=1S/C24H31N3O3S/c1-16(2)25-24(29)27(18-8-9-18)14-23(28)26-12-10-22-19(11-13-31-22)20(26)15-30-21-7-5-4-6-17(21)3/h4-7,11,13,16,18,20H,8-10,12,14-15H2,1-3H3,(H,25,29). The zero-order valence-electron chi connectivity index (χ0n) is 18.5. The summed E-state index contributed by atoms with van der Waals surface area (Å²) in [6.45, 7) is 7.07. The predicted molar refractivity (Wildman–Crippen MR) is 123 cm³/mol. The Morgan fingerprint density at radius 1 is 1.26 bits per heavy atom. The van der Waals surface area contributed by atoms with Crippen molar-refractivity contribution in [3.8, 4) is 5.75 Å². The largest absolute Gasteiger partial charge is 0.491 e. The lowest BCUT2D eigenvalue weighted by Gasteiger charge is -2.37. The van der Waals surface area contributed by atoms with Gasteiger partial charge in [0, 0.05) is 23.5 Å². The number of urea groups is 1. The molecule has 1 aromatic carbocycles. The van der Waals surface area contributed by atoms with Crippen LogP contribution in [-0.4, -0.2) is 53.5 Å². The van der Waals surface area contributed by atoms with Gasteiger partial charge in [-0.25, -0.2) is 4.79 Å². The van der Waals surface area contributed by atoms with E-state index in [0.29, 0.717) is 13.2 Å². The Morgan fingerprint density at radius 2 is 2.03 bits per heavy atom. The highest BCUT2D eigenvalue weighted by Gasteiger charge is 2.38. The van der Waals surface area contributed by atoms with E-state index >= 15 is 0 Å². The Kier molecular flexibility index (Phi) is 6.51. The van der Waals surface area contributed by atoms with Crippen LogP contribution in [0.25, 0.3) is 0 Å². The van der Waals surface area contributed by atoms with Gasteiger partial charge in [0.2, 0.25) is 5.91 Å². The van der Waals surface area contributed by atoms with E-state index in [1.54, 1.807) is 16.2 Å². The summed E-state index contributed by atoms with van der Waals surface area (Å²) < 4.78 is 6.17. The number of para-hydroxylation sites is 1. The molecule has 31 heavy (non-hydrogen) atoms. The highest BCUT2D eigenvalue weighted by molar-refractivity contribution is 7.10. The summed E-state index contributed by atoms with van der Waals surface area (Å²) in [4.78, 5) is 31.0. The van der Waals surface area contributed by atoms with Crippen molar-refractivity contribution in [3.63, 3.8) is 0 Å². The maximum absolute atomic E-state index is 13.4. The maximum Gasteiger partial charge on any atom is 0.318 e. The first-order valence-electron chi connectivity index (χ1n) is 11.1. The molecule has 0 spiro atoms. The Balaban J connectivity index is 1.50. The number of amides is 3. The molecule has 0 saturated heterocycles. The van der Waals surface area contributed by atoms with Crippen molar-refractivity contribution in [2.24, 2.45) is 0 Å². The molecule has 4 rings (SSSR count). The van der Waals surface area contributed by atoms with Crippen molar-refractivity contribution in [2.45, 2.75) is 58.2 Å². The molecule has 0 radical (unpaired) electrons. The molecule has 1 aliphatic heterocycles. The summed E-state index contributed by atoms with van der Waals surface area (Å²) in [6.07, 6.45) is 2.78. The molecule has 7 heteroatoms. The second kappa shape index (κ2) is 9.30. The third-order valence-corrected chi connectivity index (χ3v) is 6.87. The average molecular weight is 442 g/mol. The van der Waals surface area contributed by atoms with Gasteiger partial charge in [0.1, 0.15) is 18.9 Å². The zero-order chi connectivity index (χ0) is 22.0. The van der Waals surface area contributed by atoms with Crippen LogP contribution in [0.4, 0.5) is 4.79 Å². The van der Waals surface area contributed by atoms with Crippen molar-refractivity contribution >= 4 is 23.3 Å². The number of carbonyl (C=O) groups is 2. The lowest BCUT2D eigenvalue weighted by Crippen LogP contribution is -2.51. The van der Waals surface area contributed by atoms with Crippen molar-refractivity contribution in [1.82, 2.24) is 15.1 Å². The smallest absolute Gasteiger partial charge is 0.318 e.